The maximum Gasteiger partial charge on any atom is 0.331 e. The molecule has 0 unspecified atom stereocenters. The number of hydrogen-bond donors (Lipinski definition) is 4. The highest BCUT2D eigenvalue weighted by atomic mass is 16.6. The molecule has 8 nitrogen and oxygen atoms in total. The zero-order valence-corrected chi connectivity index (χ0v) is 11.2. The molecule has 0 saturated carbocycles. The Morgan fingerprint density at radius 3 is 2.10 bits per heavy atom. The van der Waals surface area contributed by atoms with Gasteiger partial charge in [0.25, 0.3) is 0 Å². The number of carbonyl (C=O) groups excluding carboxylic acids is 3. The fourth-order valence-corrected chi connectivity index (χ4v) is 1.52. The van der Waals surface area contributed by atoms with Crippen LogP contribution in [0.2, 0.25) is 0 Å². The first-order valence-electron chi connectivity index (χ1n) is 6.12. The lowest BCUT2D eigenvalue weighted by Crippen LogP contribution is -2.42. The Labute approximate surface area is 120 Å². The van der Waals surface area contributed by atoms with E-state index in [-0.39, 0.29) is 12.2 Å². The molecular formula is C13H17N3O5. The Morgan fingerprint density at radius 1 is 1.05 bits per heavy atom. The van der Waals surface area contributed by atoms with Crippen molar-refractivity contribution in [1.29, 1.82) is 0 Å². The summed E-state index contributed by atoms with van der Waals surface area (Å²) in [6.45, 7) is 0. The quantitative estimate of drug-likeness (QED) is 0.368. The average Bonchev–Trinajstić information content (AvgIpc) is 2.40. The van der Waals surface area contributed by atoms with Gasteiger partial charge in [0.15, 0.2) is 0 Å². The number of primary amides is 1. The number of nitrogens with two attached hydrogens (primary N) is 3. The van der Waals surface area contributed by atoms with Crippen molar-refractivity contribution < 1.29 is 24.2 Å². The van der Waals surface area contributed by atoms with E-state index in [1.807, 2.05) is 0 Å². The van der Waals surface area contributed by atoms with E-state index in [1.54, 1.807) is 12.1 Å². The lowest BCUT2D eigenvalue weighted by atomic mass is 10.1. The SMILES string of the molecule is NC(=O)C[C@H](N)C(=O)OC(=O)[C@@H](N)Cc1ccc(O)cc1. The van der Waals surface area contributed by atoms with Gasteiger partial charge in [-0.25, -0.2) is 9.59 Å². The third-order valence-electron chi connectivity index (χ3n) is 2.62. The number of rotatable bonds is 6. The number of phenols is 1. The number of benzene rings is 1. The second-order valence-corrected chi connectivity index (χ2v) is 4.49. The molecule has 0 aromatic heterocycles. The molecule has 0 aliphatic carbocycles. The van der Waals surface area contributed by atoms with Gasteiger partial charge in [-0.1, -0.05) is 12.1 Å². The Kier molecular flexibility index (Phi) is 5.82. The van der Waals surface area contributed by atoms with E-state index in [1.165, 1.54) is 12.1 Å². The van der Waals surface area contributed by atoms with E-state index < -0.39 is 36.4 Å². The summed E-state index contributed by atoms with van der Waals surface area (Å²) in [5.41, 5.74) is 16.5. The van der Waals surface area contributed by atoms with Gasteiger partial charge in [-0.05, 0) is 24.1 Å². The van der Waals surface area contributed by atoms with E-state index in [0.29, 0.717) is 5.56 Å². The summed E-state index contributed by atoms with van der Waals surface area (Å²) in [6.07, 6.45) is -0.295. The first kappa shape index (κ1) is 16.6. The normalized spacial score (nSPS) is 13.2. The minimum absolute atomic E-state index is 0.0856. The Morgan fingerprint density at radius 2 is 1.57 bits per heavy atom. The molecule has 0 radical (unpaired) electrons. The minimum Gasteiger partial charge on any atom is -0.508 e. The highest BCUT2D eigenvalue weighted by Gasteiger charge is 2.24. The van der Waals surface area contributed by atoms with Crippen LogP contribution in [0.3, 0.4) is 0 Å². The largest absolute Gasteiger partial charge is 0.508 e. The molecule has 21 heavy (non-hydrogen) atoms. The molecule has 0 spiro atoms. The molecule has 0 aliphatic heterocycles. The van der Waals surface area contributed by atoms with E-state index in [4.69, 9.17) is 22.3 Å². The predicted molar refractivity (Wildman–Crippen MR) is 72.7 cm³/mol. The minimum atomic E-state index is -1.30. The maximum atomic E-state index is 11.6. The van der Waals surface area contributed by atoms with Crippen molar-refractivity contribution in [3.63, 3.8) is 0 Å². The molecule has 1 amide bonds. The number of aromatic hydroxyl groups is 1. The lowest BCUT2D eigenvalue weighted by molar-refractivity contribution is -0.162. The van der Waals surface area contributed by atoms with E-state index in [9.17, 15) is 14.4 Å². The summed E-state index contributed by atoms with van der Waals surface area (Å²) in [4.78, 5) is 33.7. The van der Waals surface area contributed by atoms with Gasteiger partial charge in [-0.2, -0.15) is 0 Å². The van der Waals surface area contributed by atoms with Gasteiger partial charge in [0.2, 0.25) is 5.91 Å². The van der Waals surface area contributed by atoms with Crippen LogP contribution in [0.1, 0.15) is 12.0 Å². The smallest absolute Gasteiger partial charge is 0.331 e. The molecule has 0 bridgehead atoms. The topological polar surface area (TPSA) is 159 Å². The molecule has 0 saturated heterocycles. The van der Waals surface area contributed by atoms with Crippen molar-refractivity contribution in [2.24, 2.45) is 17.2 Å². The molecule has 0 aliphatic rings. The number of carbonyl (C=O) groups is 3. The first-order valence-corrected chi connectivity index (χ1v) is 6.12. The number of ether oxygens (including phenoxy) is 1. The van der Waals surface area contributed by atoms with Crippen LogP contribution in [0, 0.1) is 0 Å². The van der Waals surface area contributed by atoms with Crippen LogP contribution in [0.15, 0.2) is 24.3 Å². The summed E-state index contributed by atoms with van der Waals surface area (Å²) < 4.78 is 4.49. The molecule has 0 fully saturated rings. The van der Waals surface area contributed by atoms with Crippen LogP contribution in [0.25, 0.3) is 0 Å². The zero-order valence-electron chi connectivity index (χ0n) is 11.2. The van der Waals surface area contributed by atoms with Crippen molar-refractivity contribution in [3.05, 3.63) is 29.8 Å². The summed E-state index contributed by atoms with van der Waals surface area (Å²) >= 11 is 0. The third-order valence-corrected chi connectivity index (χ3v) is 2.62. The van der Waals surface area contributed by atoms with E-state index in [2.05, 4.69) is 4.74 Å². The van der Waals surface area contributed by atoms with Crippen LogP contribution >= 0.6 is 0 Å². The Hall–Kier alpha value is -2.45. The molecular weight excluding hydrogens is 278 g/mol. The number of hydrogen-bond acceptors (Lipinski definition) is 7. The summed E-state index contributed by atoms with van der Waals surface area (Å²) in [7, 11) is 0. The monoisotopic (exact) mass is 295 g/mol. The van der Waals surface area contributed by atoms with Crippen LogP contribution in [-0.2, 0) is 25.5 Å². The molecule has 1 rings (SSSR count). The average molecular weight is 295 g/mol. The van der Waals surface area contributed by atoms with Gasteiger partial charge in [-0.3, -0.25) is 4.79 Å². The standard InChI is InChI=1S/C13H17N3O5/c14-9(5-7-1-3-8(17)4-2-7)12(19)21-13(20)10(15)6-11(16)18/h1-4,9-10,17H,5-6,14-15H2,(H2,16,18)/t9-,10-/m0/s1. The molecule has 1 aromatic rings. The highest BCUT2D eigenvalue weighted by molar-refractivity contribution is 5.93. The molecule has 114 valence electrons. The molecule has 1 aromatic carbocycles. The van der Waals surface area contributed by atoms with Gasteiger partial charge < -0.3 is 27.0 Å². The van der Waals surface area contributed by atoms with Gasteiger partial charge in [0.1, 0.15) is 17.8 Å². The molecule has 0 heterocycles. The highest BCUT2D eigenvalue weighted by Crippen LogP contribution is 2.11. The summed E-state index contributed by atoms with van der Waals surface area (Å²) in [6, 6.07) is 3.70. The number of amides is 1. The summed E-state index contributed by atoms with van der Waals surface area (Å²) in [5, 5.41) is 9.13. The van der Waals surface area contributed by atoms with Gasteiger partial charge >= 0.3 is 11.9 Å². The molecule has 2 atom stereocenters. The van der Waals surface area contributed by atoms with Crippen molar-refractivity contribution in [2.45, 2.75) is 24.9 Å². The molecule has 7 N–H and O–H groups in total. The van der Waals surface area contributed by atoms with Gasteiger partial charge in [0, 0.05) is 0 Å². The van der Waals surface area contributed by atoms with E-state index in [0.717, 1.165) is 0 Å². The third kappa shape index (κ3) is 5.59. The van der Waals surface area contributed by atoms with Crippen LogP contribution in [0.5, 0.6) is 5.75 Å². The second-order valence-electron chi connectivity index (χ2n) is 4.49. The van der Waals surface area contributed by atoms with E-state index >= 15 is 0 Å². The first-order chi connectivity index (χ1) is 9.79. The van der Waals surface area contributed by atoms with Gasteiger partial charge in [0.05, 0.1) is 6.42 Å². The van der Waals surface area contributed by atoms with Gasteiger partial charge in [-0.15, -0.1) is 0 Å². The Bertz CT molecular complexity index is 529. The zero-order chi connectivity index (χ0) is 16.0. The van der Waals surface area contributed by atoms with Crippen molar-refractivity contribution in [1.82, 2.24) is 0 Å². The second kappa shape index (κ2) is 7.36. The summed E-state index contributed by atoms with van der Waals surface area (Å²) in [5.74, 6) is -2.70. The fraction of sp³-hybridized carbons (Fsp3) is 0.308. The van der Waals surface area contributed by atoms with Crippen molar-refractivity contribution in [3.8, 4) is 5.75 Å². The van der Waals surface area contributed by atoms with Crippen LogP contribution < -0.4 is 17.2 Å². The number of esters is 2. The predicted octanol–water partition coefficient (Wildman–Crippen LogP) is -1.47. The van der Waals surface area contributed by atoms with Crippen LogP contribution in [-0.4, -0.2) is 35.0 Å². The lowest BCUT2D eigenvalue weighted by Gasteiger charge is -2.12. The molecule has 8 heteroatoms. The maximum absolute atomic E-state index is 11.6. The Balaban J connectivity index is 2.52. The van der Waals surface area contributed by atoms with Crippen LogP contribution in [0.4, 0.5) is 0 Å². The fourth-order valence-electron chi connectivity index (χ4n) is 1.52. The number of phenolic OH excluding ortho intramolecular Hbond substituents is 1. The van der Waals surface area contributed by atoms with Crippen molar-refractivity contribution in [2.75, 3.05) is 0 Å². The van der Waals surface area contributed by atoms with Crippen molar-refractivity contribution >= 4 is 17.8 Å².